The number of aromatic hydroxyl groups is 1. The number of phenols is 1. The highest BCUT2D eigenvalue weighted by atomic mass is 19.3. The van der Waals surface area contributed by atoms with Crippen LogP contribution >= 0.6 is 0 Å². The zero-order valence-electron chi connectivity index (χ0n) is 32.0. The number of anilines is 3. The third-order valence-electron chi connectivity index (χ3n) is 12.4. The Morgan fingerprint density at radius 1 is 1.02 bits per heavy atom. The fraction of sp³-hybridized carbons (Fsp3) is 0.415. The summed E-state index contributed by atoms with van der Waals surface area (Å²) in [6, 6.07) is 10.8. The molecular weight excluding hydrogens is 756 g/mol. The van der Waals surface area contributed by atoms with Gasteiger partial charge in [0.1, 0.15) is 17.7 Å². The first kappa shape index (κ1) is 37.6. The Bertz CT molecular complexity index is 2340. The number of amides is 3. The Morgan fingerprint density at radius 2 is 1.83 bits per heavy atom. The van der Waals surface area contributed by atoms with Gasteiger partial charge in [0.15, 0.2) is 17.4 Å². The van der Waals surface area contributed by atoms with Gasteiger partial charge in [0.25, 0.3) is 12.3 Å². The van der Waals surface area contributed by atoms with Crippen molar-refractivity contribution in [1.82, 2.24) is 30.3 Å². The second-order valence-corrected chi connectivity index (χ2v) is 15.8. The summed E-state index contributed by atoms with van der Waals surface area (Å²) in [5, 5.41) is 24.0. The molecule has 0 unspecified atom stereocenters. The van der Waals surface area contributed by atoms with E-state index in [1.165, 1.54) is 18.2 Å². The van der Waals surface area contributed by atoms with Crippen molar-refractivity contribution in [3.8, 4) is 22.9 Å². The number of imide groups is 1. The molecule has 5 aliphatic heterocycles. The zero-order chi connectivity index (χ0) is 40.5. The molecule has 3 atom stereocenters. The average molecular weight is 798 g/mol. The van der Waals surface area contributed by atoms with Crippen molar-refractivity contribution in [3.05, 3.63) is 82.3 Å². The van der Waals surface area contributed by atoms with Gasteiger partial charge in [-0.05, 0) is 67.3 Å². The van der Waals surface area contributed by atoms with Crippen molar-refractivity contribution in [2.45, 2.75) is 70.3 Å². The maximum Gasteiger partial charge on any atom is 0.263 e. The van der Waals surface area contributed by atoms with Gasteiger partial charge in [-0.15, -0.1) is 10.2 Å². The summed E-state index contributed by atoms with van der Waals surface area (Å²) in [7, 11) is 0. The van der Waals surface area contributed by atoms with Crippen LogP contribution in [0.25, 0.3) is 11.3 Å². The number of ether oxygens (including phenoxy) is 1. The molecule has 14 nitrogen and oxygen atoms in total. The van der Waals surface area contributed by atoms with Gasteiger partial charge in [-0.1, -0.05) is 12.1 Å². The molecule has 4 aromatic rings. The van der Waals surface area contributed by atoms with Gasteiger partial charge in [-0.2, -0.15) is 0 Å². The molecule has 2 aromatic heterocycles. The van der Waals surface area contributed by atoms with Crippen LogP contribution in [0.15, 0.2) is 48.7 Å². The smallest absolute Gasteiger partial charge is 0.263 e. The van der Waals surface area contributed by atoms with Gasteiger partial charge in [-0.25, -0.2) is 18.2 Å². The molecule has 3 saturated heterocycles. The lowest BCUT2D eigenvalue weighted by Crippen LogP contribution is -2.57. The number of piperidine rings is 1. The third kappa shape index (κ3) is 6.41. The van der Waals surface area contributed by atoms with Crippen LogP contribution in [0.2, 0.25) is 0 Å². The molecular formula is C41H42F3N9O5. The minimum atomic E-state index is -2.74. The molecule has 58 heavy (non-hydrogen) atoms. The third-order valence-corrected chi connectivity index (χ3v) is 12.4. The fourth-order valence-corrected chi connectivity index (χ4v) is 8.94. The summed E-state index contributed by atoms with van der Waals surface area (Å²) >= 11 is 0. The van der Waals surface area contributed by atoms with Gasteiger partial charge in [-0.3, -0.25) is 24.6 Å². The van der Waals surface area contributed by atoms with E-state index in [9.17, 15) is 32.7 Å². The molecule has 0 bridgehead atoms. The first-order valence-electron chi connectivity index (χ1n) is 19.4. The Labute approximate surface area is 332 Å². The molecule has 7 heterocycles. The fourth-order valence-electron chi connectivity index (χ4n) is 8.94. The van der Waals surface area contributed by atoms with E-state index in [4.69, 9.17) is 4.74 Å². The number of benzene rings is 2. The van der Waals surface area contributed by atoms with Gasteiger partial charge >= 0.3 is 0 Å². The molecule has 17 heteroatoms. The van der Waals surface area contributed by atoms with Gasteiger partial charge in [0, 0.05) is 87.2 Å². The van der Waals surface area contributed by atoms with Crippen molar-refractivity contribution in [1.29, 1.82) is 0 Å². The van der Waals surface area contributed by atoms with Crippen LogP contribution < -0.4 is 25.2 Å². The summed E-state index contributed by atoms with van der Waals surface area (Å²) in [5.74, 6) is -1.65. The zero-order valence-corrected chi connectivity index (χ0v) is 32.0. The Kier molecular flexibility index (Phi) is 9.36. The first-order valence-corrected chi connectivity index (χ1v) is 19.4. The molecule has 3 N–H and O–H groups in total. The lowest BCUT2D eigenvalue weighted by molar-refractivity contribution is -0.136. The van der Waals surface area contributed by atoms with Crippen molar-refractivity contribution in [2.24, 2.45) is 0 Å². The van der Waals surface area contributed by atoms with Gasteiger partial charge < -0.3 is 29.9 Å². The lowest BCUT2D eigenvalue weighted by Gasteiger charge is -2.43. The number of pyridine rings is 1. The molecule has 0 saturated carbocycles. The molecule has 0 spiro atoms. The van der Waals surface area contributed by atoms with Crippen LogP contribution in [0.1, 0.15) is 51.9 Å². The molecule has 5 aliphatic rings. The average Bonchev–Trinajstić information content (AvgIpc) is 3.77. The van der Waals surface area contributed by atoms with E-state index in [1.807, 2.05) is 32.0 Å². The summed E-state index contributed by atoms with van der Waals surface area (Å²) in [6.07, 6.45) is -1.02. The standard InChI is InChI=1S/C41H42F3N9O5/c1-22-23(2)38(58-27-16-41(40(43)44)21-46-36-33(53(41)20-27)15-31(48-49-36)28-4-3-5-30(42)35(28)55)45-17-25(22)18-50-10-12-51(13-11-50)26-7-6-24-19-52(39(57)29(24)14-26)32-8-9-34(54)47-37(32)56/h3-7,14-15,17,27,32,40,55H,8-13,16,18-21H2,1-2H3,(H,46,49)(H,47,54,56)/t27-,32+,41-/m1/s1. The van der Waals surface area contributed by atoms with Gasteiger partial charge in [0.05, 0.1) is 17.9 Å². The van der Waals surface area contributed by atoms with E-state index in [1.54, 1.807) is 16.0 Å². The minimum absolute atomic E-state index is 0.0165. The maximum absolute atomic E-state index is 15.0. The number of hydrogen-bond donors (Lipinski definition) is 3. The number of para-hydroxylation sites is 1. The van der Waals surface area contributed by atoms with Gasteiger partial charge in [0.2, 0.25) is 17.7 Å². The number of piperazine rings is 1. The quantitative estimate of drug-likeness (QED) is 0.219. The first-order chi connectivity index (χ1) is 27.9. The second-order valence-electron chi connectivity index (χ2n) is 15.8. The van der Waals surface area contributed by atoms with Crippen molar-refractivity contribution >= 4 is 34.9 Å². The van der Waals surface area contributed by atoms with E-state index in [0.717, 1.165) is 60.2 Å². The molecule has 3 fully saturated rings. The predicted molar refractivity (Wildman–Crippen MR) is 206 cm³/mol. The SMILES string of the molecule is Cc1c(CN2CCN(c3ccc4c(c3)C(=O)N([C@H]3CCC(=O)NC3=O)C4)CC2)cnc(O[C@H]2CN3c4cc(-c5cccc(F)c5O)nnc4NC[C@@]3(C(F)F)C2)c1C. The molecule has 3 amide bonds. The number of phenolic OH excluding ortho intramolecular Hbond substituents is 1. The number of carbonyl (C=O) groups is 3. The van der Waals surface area contributed by atoms with Crippen LogP contribution in [0.5, 0.6) is 11.6 Å². The highest BCUT2D eigenvalue weighted by Gasteiger charge is 2.56. The number of nitrogens with one attached hydrogen (secondary N) is 2. The van der Waals surface area contributed by atoms with E-state index in [0.29, 0.717) is 42.5 Å². The highest BCUT2D eigenvalue weighted by Crippen LogP contribution is 2.47. The van der Waals surface area contributed by atoms with Crippen molar-refractivity contribution in [2.75, 3.05) is 54.4 Å². The number of carbonyl (C=O) groups excluding carboxylic acids is 3. The van der Waals surface area contributed by atoms with Crippen LogP contribution in [0, 0.1) is 19.7 Å². The van der Waals surface area contributed by atoms with E-state index in [-0.39, 0.29) is 49.0 Å². The topological polar surface area (TPSA) is 156 Å². The molecule has 0 radical (unpaired) electrons. The summed E-state index contributed by atoms with van der Waals surface area (Å²) in [4.78, 5) is 49.9. The summed E-state index contributed by atoms with van der Waals surface area (Å²) in [5.41, 5.74) is 4.30. The number of nitrogens with zero attached hydrogens (tertiary/aromatic N) is 7. The Balaban J connectivity index is 0.844. The maximum atomic E-state index is 15.0. The summed E-state index contributed by atoms with van der Waals surface area (Å²) < 4.78 is 50.6. The normalized spacial score (nSPS) is 23.1. The second kappa shape index (κ2) is 14.4. The molecule has 0 aliphatic carbocycles. The number of hydrogen-bond acceptors (Lipinski definition) is 12. The molecule has 2 aromatic carbocycles. The van der Waals surface area contributed by atoms with E-state index >= 15 is 0 Å². The number of alkyl halides is 2. The number of halogens is 3. The highest BCUT2D eigenvalue weighted by molar-refractivity contribution is 6.05. The Morgan fingerprint density at radius 3 is 2.60 bits per heavy atom. The van der Waals surface area contributed by atoms with Crippen molar-refractivity contribution in [3.63, 3.8) is 0 Å². The van der Waals surface area contributed by atoms with E-state index in [2.05, 4.69) is 35.6 Å². The minimum Gasteiger partial charge on any atom is -0.504 e. The van der Waals surface area contributed by atoms with Crippen LogP contribution in [0.3, 0.4) is 0 Å². The predicted octanol–water partition coefficient (Wildman–Crippen LogP) is 4.17. The van der Waals surface area contributed by atoms with Crippen LogP contribution in [-0.2, 0) is 22.7 Å². The van der Waals surface area contributed by atoms with Crippen LogP contribution in [-0.4, -0.2) is 111 Å². The largest absolute Gasteiger partial charge is 0.504 e. The molecule has 9 rings (SSSR count). The Hall–Kier alpha value is -5.97. The number of rotatable bonds is 8. The number of fused-ring (bicyclic) bond motifs is 4. The van der Waals surface area contributed by atoms with Crippen LogP contribution in [0.4, 0.5) is 30.4 Å². The van der Waals surface area contributed by atoms with E-state index < -0.39 is 41.6 Å². The lowest BCUT2D eigenvalue weighted by atomic mass is 9.93. The molecule has 302 valence electrons. The summed E-state index contributed by atoms with van der Waals surface area (Å²) in [6.45, 7) is 8.02. The monoisotopic (exact) mass is 797 g/mol. The van der Waals surface area contributed by atoms with Crippen molar-refractivity contribution < 1.29 is 37.4 Å². The number of aromatic nitrogens is 3.